The molecule has 6 nitrogen and oxygen atoms in total. The summed E-state index contributed by atoms with van der Waals surface area (Å²) in [7, 11) is -2.08. The van der Waals surface area contributed by atoms with Crippen LogP contribution in [0.4, 0.5) is 4.39 Å². The van der Waals surface area contributed by atoms with E-state index in [0.717, 1.165) is 0 Å². The first-order valence-corrected chi connectivity index (χ1v) is 8.36. The summed E-state index contributed by atoms with van der Waals surface area (Å²) >= 11 is 0. The molecule has 3 rings (SSSR count). The lowest BCUT2D eigenvalue weighted by molar-refractivity contribution is 0.315. The number of nitrogens with one attached hydrogen (secondary N) is 1. The van der Waals surface area contributed by atoms with Gasteiger partial charge in [-0.2, -0.15) is 0 Å². The number of rotatable bonds is 3. The topological polar surface area (TPSA) is 73.2 Å². The first kappa shape index (κ1) is 15.0. The van der Waals surface area contributed by atoms with Gasteiger partial charge >= 0.3 is 0 Å². The Kier molecular flexibility index (Phi) is 3.88. The predicted octanol–water partition coefficient (Wildman–Crippen LogP) is 1.75. The van der Waals surface area contributed by atoms with Crippen LogP contribution in [0.1, 0.15) is 24.4 Å². The van der Waals surface area contributed by atoms with Crippen molar-refractivity contribution < 1.29 is 17.5 Å². The van der Waals surface area contributed by atoms with Crippen molar-refractivity contribution in [1.29, 1.82) is 0 Å². The average molecular weight is 325 g/mol. The summed E-state index contributed by atoms with van der Waals surface area (Å²) in [6, 6.07) is 3.60. The Morgan fingerprint density at radius 3 is 3.00 bits per heavy atom. The largest absolute Gasteiger partial charge is 0.493 e. The Morgan fingerprint density at radius 1 is 1.45 bits per heavy atom. The molecule has 22 heavy (non-hydrogen) atoms. The number of sulfonamides is 1. The fourth-order valence-corrected chi connectivity index (χ4v) is 3.68. The molecule has 118 valence electrons. The van der Waals surface area contributed by atoms with Crippen LogP contribution >= 0.6 is 0 Å². The van der Waals surface area contributed by atoms with E-state index in [9.17, 15) is 12.8 Å². The van der Waals surface area contributed by atoms with E-state index in [1.54, 1.807) is 11.6 Å². The van der Waals surface area contributed by atoms with Gasteiger partial charge in [0.2, 0.25) is 0 Å². The quantitative estimate of drug-likeness (QED) is 0.933. The van der Waals surface area contributed by atoms with Crippen LogP contribution in [0, 0.1) is 5.82 Å². The Balaban J connectivity index is 1.94. The van der Waals surface area contributed by atoms with E-state index in [0.29, 0.717) is 30.8 Å². The van der Waals surface area contributed by atoms with Crippen molar-refractivity contribution in [3.05, 3.63) is 42.1 Å². The molecule has 0 amide bonds. The van der Waals surface area contributed by atoms with Crippen LogP contribution in [0.15, 0.2) is 35.7 Å². The van der Waals surface area contributed by atoms with E-state index in [4.69, 9.17) is 4.74 Å². The minimum absolute atomic E-state index is 0.0573. The van der Waals surface area contributed by atoms with Crippen LogP contribution in [0.3, 0.4) is 0 Å². The van der Waals surface area contributed by atoms with Crippen LogP contribution in [0.2, 0.25) is 0 Å². The average Bonchev–Trinajstić information content (AvgIpc) is 2.82. The minimum Gasteiger partial charge on any atom is -0.493 e. The maximum atomic E-state index is 13.5. The lowest BCUT2D eigenvalue weighted by atomic mass is 10.0. The smallest absolute Gasteiger partial charge is 0.260 e. The van der Waals surface area contributed by atoms with Gasteiger partial charge in [-0.3, -0.25) is 0 Å². The van der Waals surface area contributed by atoms with Crippen molar-refractivity contribution in [1.82, 2.24) is 14.3 Å². The fourth-order valence-electron chi connectivity index (χ4n) is 2.45. The molecule has 0 saturated carbocycles. The van der Waals surface area contributed by atoms with E-state index in [-0.39, 0.29) is 5.03 Å². The first-order valence-electron chi connectivity index (χ1n) is 6.88. The Bertz CT molecular complexity index is 788. The zero-order valence-corrected chi connectivity index (χ0v) is 12.8. The minimum atomic E-state index is -3.77. The van der Waals surface area contributed by atoms with Gasteiger partial charge in [-0.05, 0) is 31.0 Å². The number of hydrogen-bond donors (Lipinski definition) is 1. The van der Waals surface area contributed by atoms with Crippen molar-refractivity contribution in [2.45, 2.75) is 23.9 Å². The molecule has 1 aliphatic rings. The molecule has 1 N–H and O–H groups in total. The van der Waals surface area contributed by atoms with Crippen LogP contribution < -0.4 is 9.46 Å². The van der Waals surface area contributed by atoms with Crippen molar-refractivity contribution in [3.63, 3.8) is 0 Å². The number of nitrogens with zero attached hydrogens (tertiary/aromatic N) is 2. The fraction of sp³-hybridized carbons (Fsp3) is 0.357. The standard InChI is InChI=1S/C14H16FN3O3S/c1-18-8-14(16-9-18)22(19,20)17-12-3-2-6-21-13-5-4-10(15)7-11(12)13/h4-5,7-9,12,17H,2-3,6H2,1H3. The number of hydrogen-bond acceptors (Lipinski definition) is 4. The summed E-state index contributed by atoms with van der Waals surface area (Å²) in [5.41, 5.74) is 0.511. The monoisotopic (exact) mass is 325 g/mol. The van der Waals surface area contributed by atoms with E-state index >= 15 is 0 Å². The molecule has 2 heterocycles. The zero-order chi connectivity index (χ0) is 15.7. The van der Waals surface area contributed by atoms with Gasteiger partial charge in [0.05, 0.1) is 19.0 Å². The van der Waals surface area contributed by atoms with Gasteiger partial charge in [-0.15, -0.1) is 0 Å². The number of imidazole rings is 1. The molecule has 0 fully saturated rings. The summed E-state index contributed by atoms with van der Waals surface area (Å²) < 4.78 is 48.0. The second-order valence-corrected chi connectivity index (χ2v) is 6.88. The van der Waals surface area contributed by atoms with Crippen LogP contribution in [0.25, 0.3) is 0 Å². The predicted molar refractivity (Wildman–Crippen MR) is 77.4 cm³/mol. The molecule has 1 aliphatic heterocycles. The van der Waals surface area contributed by atoms with Gasteiger partial charge in [-0.25, -0.2) is 22.5 Å². The molecule has 1 atom stereocenters. The van der Waals surface area contributed by atoms with E-state index in [1.807, 2.05) is 0 Å². The molecular formula is C14H16FN3O3S. The molecule has 2 aromatic rings. The third kappa shape index (κ3) is 2.97. The summed E-state index contributed by atoms with van der Waals surface area (Å²) in [6.07, 6.45) is 4.04. The summed E-state index contributed by atoms with van der Waals surface area (Å²) in [5, 5.41) is -0.0573. The third-order valence-electron chi connectivity index (χ3n) is 3.50. The molecule has 1 unspecified atom stereocenters. The Hall–Kier alpha value is -1.93. The van der Waals surface area contributed by atoms with Crippen molar-refractivity contribution in [2.24, 2.45) is 7.05 Å². The summed E-state index contributed by atoms with van der Waals surface area (Å²) in [5.74, 6) is 0.0823. The zero-order valence-electron chi connectivity index (χ0n) is 12.0. The molecule has 0 spiro atoms. The van der Waals surface area contributed by atoms with Gasteiger partial charge in [-0.1, -0.05) is 0 Å². The number of aryl methyl sites for hydroxylation is 1. The molecule has 8 heteroatoms. The second-order valence-electron chi connectivity index (χ2n) is 5.22. The van der Waals surface area contributed by atoms with Crippen LogP contribution in [-0.4, -0.2) is 24.6 Å². The van der Waals surface area contributed by atoms with E-state index in [1.165, 1.54) is 30.7 Å². The lowest BCUT2D eigenvalue weighted by Crippen LogP contribution is -2.29. The van der Waals surface area contributed by atoms with Gasteiger partial charge in [0.15, 0.2) is 5.03 Å². The SMILES string of the molecule is Cn1cnc(S(=O)(=O)NC2CCCOc3ccc(F)cc32)c1. The molecular weight excluding hydrogens is 309 g/mol. The summed E-state index contributed by atoms with van der Waals surface area (Å²) in [4.78, 5) is 3.86. The second kappa shape index (κ2) is 5.69. The Morgan fingerprint density at radius 2 is 2.27 bits per heavy atom. The highest BCUT2D eigenvalue weighted by Gasteiger charge is 2.27. The highest BCUT2D eigenvalue weighted by molar-refractivity contribution is 7.89. The van der Waals surface area contributed by atoms with Crippen molar-refractivity contribution in [2.75, 3.05) is 6.61 Å². The number of fused-ring (bicyclic) bond motifs is 1. The highest BCUT2D eigenvalue weighted by Crippen LogP contribution is 2.33. The lowest BCUT2D eigenvalue weighted by Gasteiger charge is -2.17. The molecule has 0 saturated heterocycles. The maximum Gasteiger partial charge on any atom is 0.260 e. The van der Waals surface area contributed by atoms with Gasteiger partial charge in [0.25, 0.3) is 10.0 Å². The van der Waals surface area contributed by atoms with Crippen LogP contribution in [-0.2, 0) is 17.1 Å². The van der Waals surface area contributed by atoms with E-state index in [2.05, 4.69) is 9.71 Å². The maximum absolute atomic E-state index is 13.5. The molecule has 0 bridgehead atoms. The highest BCUT2D eigenvalue weighted by atomic mass is 32.2. The molecule has 1 aromatic heterocycles. The number of benzene rings is 1. The first-order chi connectivity index (χ1) is 10.5. The number of ether oxygens (including phenoxy) is 1. The van der Waals surface area contributed by atoms with Gasteiger partial charge < -0.3 is 9.30 Å². The number of halogens is 1. The summed E-state index contributed by atoms with van der Waals surface area (Å²) in [6.45, 7) is 0.473. The normalized spacial score (nSPS) is 18.4. The van der Waals surface area contributed by atoms with Gasteiger partial charge in [0.1, 0.15) is 11.6 Å². The molecule has 1 aromatic carbocycles. The third-order valence-corrected chi connectivity index (χ3v) is 4.85. The molecule has 0 aliphatic carbocycles. The Labute approximate surface area is 128 Å². The molecule has 0 radical (unpaired) electrons. The van der Waals surface area contributed by atoms with Crippen LogP contribution in [0.5, 0.6) is 5.75 Å². The van der Waals surface area contributed by atoms with Crippen molar-refractivity contribution >= 4 is 10.0 Å². The van der Waals surface area contributed by atoms with Crippen molar-refractivity contribution in [3.8, 4) is 5.75 Å². The van der Waals surface area contributed by atoms with E-state index < -0.39 is 21.9 Å². The number of aromatic nitrogens is 2. The van der Waals surface area contributed by atoms with Gasteiger partial charge in [0, 0.05) is 18.8 Å².